The van der Waals surface area contributed by atoms with E-state index in [2.05, 4.69) is 15.2 Å². The van der Waals surface area contributed by atoms with E-state index in [1.165, 1.54) is 17.8 Å². The molecule has 10 heteroatoms. The predicted octanol–water partition coefficient (Wildman–Crippen LogP) is 4.92. The number of benzene rings is 1. The van der Waals surface area contributed by atoms with Crippen molar-refractivity contribution in [3.8, 4) is 11.5 Å². The summed E-state index contributed by atoms with van der Waals surface area (Å²) in [4.78, 5) is 31.7. The molecule has 0 bridgehead atoms. The first-order valence-electron chi connectivity index (χ1n) is 14.5. The molecule has 3 aliphatic rings. The number of morpholine rings is 1. The lowest BCUT2D eigenvalue weighted by atomic mass is 9.78. The zero-order valence-corrected chi connectivity index (χ0v) is 24.5. The number of nitrogens with zero attached hydrogens (tertiary/aromatic N) is 1. The number of hydrogen-bond acceptors (Lipinski definition) is 7. The lowest BCUT2D eigenvalue weighted by Crippen LogP contribution is -2.46. The standard InChI is InChI=1S/C29H38ClN3O5S/c1-17-13-24(39-4)22(28(35)32-17)15-31-27(34)21-14-23(30)26-25(18(21)2)37-29(3,38-26)20-7-5-19(6-8-20)16-33-9-11-36-12-10-33/h13-14,19-20H,5-12,15-16H2,1-4H3,(H,31,34)(H,32,35)/t19?,20?,29-/m0/s1/i15D2. The lowest BCUT2D eigenvalue weighted by molar-refractivity contribution is -0.123. The van der Waals surface area contributed by atoms with Crippen molar-refractivity contribution in [3.05, 3.63) is 49.9 Å². The minimum Gasteiger partial charge on any atom is -0.448 e. The predicted molar refractivity (Wildman–Crippen MR) is 153 cm³/mol. The number of amides is 1. The van der Waals surface area contributed by atoms with Crippen molar-refractivity contribution >= 4 is 29.3 Å². The first kappa shape index (κ1) is 25.7. The summed E-state index contributed by atoms with van der Waals surface area (Å²) in [7, 11) is 0. The molecule has 1 aromatic heterocycles. The van der Waals surface area contributed by atoms with Gasteiger partial charge in [-0.05, 0) is 63.8 Å². The highest BCUT2D eigenvalue weighted by Crippen LogP contribution is 2.52. The first-order chi connectivity index (χ1) is 19.4. The van der Waals surface area contributed by atoms with Crippen molar-refractivity contribution in [1.82, 2.24) is 15.2 Å². The van der Waals surface area contributed by atoms with Gasteiger partial charge in [0.2, 0.25) is 0 Å². The zero-order chi connectivity index (χ0) is 29.5. The average molecular weight is 578 g/mol. The maximum absolute atomic E-state index is 13.4. The normalized spacial score (nSPS) is 26.2. The van der Waals surface area contributed by atoms with E-state index < -0.39 is 23.8 Å². The highest BCUT2D eigenvalue weighted by molar-refractivity contribution is 7.98. The molecule has 2 fully saturated rings. The molecule has 2 N–H and O–H groups in total. The fourth-order valence-corrected chi connectivity index (χ4v) is 6.77. The van der Waals surface area contributed by atoms with Gasteiger partial charge in [0.1, 0.15) is 0 Å². The largest absolute Gasteiger partial charge is 0.448 e. The summed E-state index contributed by atoms with van der Waals surface area (Å²) in [6, 6.07) is 3.16. The number of fused-ring (bicyclic) bond motifs is 1. The Morgan fingerprint density at radius 3 is 2.59 bits per heavy atom. The van der Waals surface area contributed by atoms with Crippen LogP contribution in [0.4, 0.5) is 0 Å². The summed E-state index contributed by atoms with van der Waals surface area (Å²) in [6.07, 6.45) is 5.86. The number of carbonyl (C=O) groups excluding carboxylic acids is 1. The molecule has 0 unspecified atom stereocenters. The smallest absolute Gasteiger partial charge is 0.254 e. The number of hydrogen-bond donors (Lipinski definition) is 2. The minimum absolute atomic E-state index is 0.148. The molecule has 8 nitrogen and oxygen atoms in total. The van der Waals surface area contributed by atoms with Gasteiger partial charge in [0.25, 0.3) is 17.3 Å². The van der Waals surface area contributed by atoms with Crippen LogP contribution in [-0.4, -0.2) is 60.7 Å². The third kappa shape index (κ3) is 5.97. The number of carbonyl (C=O) groups is 1. The van der Waals surface area contributed by atoms with E-state index >= 15 is 0 Å². The van der Waals surface area contributed by atoms with E-state index in [9.17, 15) is 9.59 Å². The van der Waals surface area contributed by atoms with Crippen LogP contribution in [0.25, 0.3) is 0 Å². The van der Waals surface area contributed by atoms with Gasteiger partial charge in [-0.1, -0.05) is 11.6 Å². The fourth-order valence-electron chi connectivity index (χ4n) is 5.89. The second-order valence-corrected chi connectivity index (χ2v) is 12.1. The van der Waals surface area contributed by atoms with Crippen LogP contribution in [0, 0.1) is 25.7 Å². The van der Waals surface area contributed by atoms with Crippen molar-refractivity contribution < 1.29 is 21.7 Å². The Hall–Kier alpha value is -2.20. The Bertz CT molecular complexity index is 1380. The number of aryl methyl sites for hydroxylation is 1. The molecule has 1 saturated carbocycles. The van der Waals surface area contributed by atoms with E-state index in [1.54, 1.807) is 26.2 Å². The van der Waals surface area contributed by atoms with Gasteiger partial charge in [-0.25, -0.2) is 0 Å². The van der Waals surface area contributed by atoms with E-state index in [0.29, 0.717) is 33.6 Å². The number of pyridine rings is 1. The van der Waals surface area contributed by atoms with E-state index in [1.807, 2.05) is 6.92 Å². The van der Waals surface area contributed by atoms with Crippen molar-refractivity contribution in [2.45, 2.75) is 63.6 Å². The maximum Gasteiger partial charge on any atom is 0.254 e. The Morgan fingerprint density at radius 1 is 1.21 bits per heavy atom. The van der Waals surface area contributed by atoms with Gasteiger partial charge in [0.15, 0.2) is 11.5 Å². The Labute approximate surface area is 241 Å². The fraction of sp³-hybridized carbons (Fsp3) is 0.586. The van der Waals surface area contributed by atoms with Gasteiger partial charge in [0.05, 0.1) is 21.0 Å². The summed E-state index contributed by atoms with van der Waals surface area (Å²) in [6.45, 7) is 7.66. The highest BCUT2D eigenvalue weighted by Gasteiger charge is 2.47. The van der Waals surface area contributed by atoms with E-state index in [0.717, 1.165) is 58.5 Å². The van der Waals surface area contributed by atoms with Crippen LogP contribution in [0.5, 0.6) is 11.5 Å². The molecule has 1 saturated heterocycles. The second-order valence-electron chi connectivity index (χ2n) is 10.8. The molecule has 1 atom stereocenters. The lowest BCUT2D eigenvalue weighted by Gasteiger charge is -2.39. The van der Waals surface area contributed by atoms with Crippen LogP contribution in [0.3, 0.4) is 0 Å². The molecule has 2 aromatic rings. The SMILES string of the molecule is [2H]C([2H])(NC(=O)c1cc(Cl)c2c(c1C)O[C@](C)(C1CCC(CN3CCOCC3)CC1)O2)c1c(SC)cc(C)[nH]c1=O. The van der Waals surface area contributed by atoms with Gasteiger partial charge in [-0.3, -0.25) is 14.5 Å². The molecule has 1 aliphatic carbocycles. The van der Waals surface area contributed by atoms with E-state index in [4.69, 9.17) is 28.6 Å². The number of rotatable bonds is 7. The van der Waals surface area contributed by atoms with Crippen LogP contribution in [0.1, 0.15) is 62.5 Å². The summed E-state index contributed by atoms with van der Waals surface area (Å²) >= 11 is 7.86. The Balaban J connectivity index is 1.30. The number of thioether (sulfide) groups is 1. The summed E-state index contributed by atoms with van der Waals surface area (Å²) in [5, 5.41) is 2.62. The topological polar surface area (TPSA) is 92.9 Å². The molecule has 5 rings (SSSR count). The zero-order valence-electron chi connectivity index (χ0n) is 24.9. The van der Waals surface area contributed by atoms with Crippen LogP contribution in [-0.2, 0) is 11.2 Å². The molecule has 39 heavy (non-hydrogen) atoms. The molecule has 0 spiro atoms. The van der Waals surface area contributed by atoms with Crippen molar-refractivity contribution in [2.24, 2.45) is 11.8 Å². The van der Waals surface area contributed by atoms with Crippen LogP contribution >= 0.6 is 23.4 Å². The van der Waals surface area contributed by atoms with Crippen LogP contribution in [0.15, 0.2) is 21.8 Å². The second kappa shape index (κ2) is 11.7. The third-order valence-corrected chi connectivity index (χ3v) is 9.20. The van der Waals surface area contributed by atoms with Gasteiger partial charge in [-0.2, -0.15) is 0 Å². The number of nitrogens with one attached hydrogen (secondary N) is 2. The molecular formula is C29H38ClN3O5S. The average Bonchev–Trinajstić information content (AvgIpc) is 3.30. The summed E-state index contributed by atoms with van der Waals surface area (Å²) in [5.41, 5.74) is 0.539. The summed E-state index contributed by atoms with van der Waals surface area (Å²) < 4.78 is 35.4. The van der Waals surface area contributed by atoms with Gasteiger partial charge in [0, 0.05) is 66.3 Å². The number of H-pyrrole nitrogens is 1. The monoisotopic (exact) mass is 577 g/mol. The van der Waals surface area contributed by atoms with Gasteiger partial charge in [-0.15, -0.1) is 11.8 Å². The van der Waals surface area contributed by atoms with Crippen molar-refractivity contribution in [2.75, 3.05) is 39.1 Å². The molecule has 2 aliphatic heterocycles. The Morgan fingerprint density at radius 2 is 1.90 bits per heavy atom. The molecule has 3 heterocycles. The van der Waals surface area contributed by atoms with Crippen LogP contribution < -0.4 is 20.3 Å². The quantitative estimate of drug-likeness (QED) is 0.451. The van der Waals surface area contributed by atoms with Gasteiger partial charge < -0.3 is 24.5 Å². The molecular weight excluding hydrogens is 538 g/mol. The molecule has 1 amide bonds. The highest BCUT2D eigenvalue weighted by atomic mass is 35.5. The number of halogens is 1. The number of aromatic amines is 1. The molecule has 1 aromatic carbocycles. The van der Waals surface area contributed by atoms with Crippen molar-refractivity contribution in [3.63, 3.8) is 0 Å². The maximum atomic E-state index is 13.4. The minimum atomic E-state index is -2.43. The molecule has 212 valence electrons. The van der Waals surface area contributed by atoms with Crippen LogP contribution in [0.2, 0.25) is 5.02 Å². The third-order valence-electron chi connectivity index (χ3n) is 8.15. The Kier molecular flexibility index (Phi) is 7.74. The summed E-state index contributed by atoms with van der Waals surface area (Å²) in [5.74, 6) is -0.00602. The van der Waals surface area contributed by atoms with Crippen molar-refractivity contribution in [1.29, 1.82) is 0 Å². The molecule has 0 radical (unpaired) electrons. The number of ether oxygens (including phenoxy) is 3. The van der Waals surface area contributed by atoms with Gasteiger partial charge >= 0.3 is 0 Å². The number of aromatic nitrogens is 1. The van der Waals surface area contributed by atoms with E-state index in [-0.39, 0.29) is 22.1 Å². The first-order valence-corrected chi connectivity index (χ1v) is 15.1.